The van der Waals surface area contributed by atoms with Gasteiger partial charge in [0, 0.05) is 0 Å². The van der Waals surface area contributed by atoms with Crippen molar-refractivity contribution in [1.29, 1.82) is 0 Å². The summed E-state index contributed by atoms with van der Waals surface area (Å²) < 4.78 is 4.96. The zero-order valence-electron chi connectivity index (χ0n) is 8.71. The average molecular weight is 187 g/mol. The highest BCUT2D eigenvalue weighted by Gasteiger charge is 2.16. The molecule has 13 heavy (non-hydrogen) atoms. The van der Waals surface area contributed by atoms with Crippen LogP contribution in [0, 0.1) is 5.92 Å². The maximum absolute atomic E-state index is 11.3. The largest absolute Gasteiger partial charge is 0.466 e. The van der Waals surface area contributed by atoms with Crippen LogP contribution in [0.4, 0.5) is 0 Å². The zero-order valence-corrected chi connectivity index (χ0v) is 8.71. The van der Waals surface area contributed by atoms with Gasteiger partial charge in [0.05, 0.1) is 12.5 Å². The van der Waals surface area contributed by atoms with E-state index in [9.17, 15) is 4.79 Å². The molecule has 0 heterocycles. The van der Waals surface area contributed by atoms with Gasteiger partial charge in [0.1, 0.15) is 0 Å². The van der Waals surface area contributed by atoms with E-state index >= 15 is 0 Å². The van der Waals surface area contributed by atoms with E-state index in [1.165, 1.54) is 0 Å². The van der Waals surface area contributed by atoms with Crippen molar-refractivity contribution in [3.8, 4) is 0 Å². The summed E-state index contributed by atoms with van der Waals surface area (Å²) in [6.07, 6.45) is 3.79. The molecule has 0 aliphatic heterocycles. The molecule has 0 aromatic heterocycles. The van der Waals surface area contributed by atoms with Gasteiger partial charge in [0.15, 0.2) is 0 Å². The van der Waals surface area contributed by atoms with Crippen molar-refractivity contribution >= 4 is 5.97 Å². The third-order valence-electron chi connectivity index (χ3n) is 2.12. The summed E-state index contributed by atoms with van der Waals surface area (Å²) in [5.74, 6) is 0.0218. The number of hydrogen-bond donors (Lipinski definition) is 1. The standard InChI is InChI=1S/C10H21NO2/c1-3-9(7-5-6-8-11)10(12)13-4-2/h9H,3-8,11H2,1-2H3. The quantitative estimate of drug-likeness (QED) is 0.487. The lowest BCUT2D eigenvalue weighted by atomic mass is 9.99. The summed E-state index contributed by atoms with van der Waals surface area (Å²) in [6.45, 7) is 5.04. The van der Waals surface area contributed by atoms with E-state index in [2.05, 4.69) is 0 Å². The van der Waals surface area contributed by atoms with Crippen LogP contribution < -0.4 is 5.73 Å². The van der Waals surface area contributed by atoms with Crippen LogP contribution in [0.2, 0.25) is 0 Å². The lowest BCUT2D eigenvalue weighted by Crippen LogP contribution is -2.17. The van der Waals surface area contributed by atoms with Gasteiger partial charge in [-0.15, -0.1) is 0 Å². The molecular weight excluding hydrogens is 166 g/mol. The predicted octanol–water partition coefficient (Wildman–Crippen LogP) is 1.70. The number of esters is 1. The van der Waals surface area contributed by atoms with Crippen molar-refractivity contribution in [1.82, 2.24) is 0 Å². The van der Waals surface area contributed by atoms with Crippen LogP contribution in [0.25, 0.3) is 0 Å². The Bertz CT molecular complexity index is 137. The molecule has 1 unspecified atom stereocenters. The Morgan fingerprint density at radius 2 is 2.08 bits per heavy atom. The summed E-state index contributed by atoms with van der Waals surface area (Å²) >= 11 is 0. The van der Waals surface area contributed by atoms with Gasteiger partial charge in [-0.1, -0.05) is 13.3 Å². The monoisotopic (exact) mass is 187 g/mol. The molecule has 2 N–H and O–H groups in total. The highest BCUT2D eigenvalue weighted by molar-refractivity contribution is 5.72. The Morgan fingerprint density at radius 3 is 2.54 bits per heavy atom. The van der Waals surface area contributed by atoms with Crippen LogP contribution in [0.15, 0.2) is 0 Å². The summed E-state index contributed by atoms with van der Waals surface area (Å²) in [7, 11) is 0. The van der Waals surface area contributed by atoms with Crippen LogP contribution in [-0.2, 0) is 9.53 Å². The van der Waals surface area contributed by atoms with Crippen molar-refractivity contribution in [2.75, 3.05) is 13.2 Å². The Kier molecular flexibility index (Phi) is 7.69. The summed E-state index contributed by atoms with van der Waals surface area (Å²) in [6, 6.07) is 0. The van der Waals surface area contributed by atoms with E-state index in [1.807, 2.05) is 13.8 Å². The molecule has 0 fully saturated rings. The Balaban J connectivity index is 3.67. The third-order valence-corrected chi connectivity index (χ3v) is 2.12. The minimum absolute atomic E-state index is 0.0537. The highest BCUT2D eigenvalue weighted by Crippen LogP contribution is 2.13. The van der Waals surface area contributed by atoms with Crippen LogP contribution in [0.3, 0.4) is 0 Å². The first-order valence-corrected chi connectivity index (χ1v) is 5.12. The minimum atomic E-state index is -0.0537. The Labute approximate surface area is 80.6 Å². The number of carbonyl (C=O) groups excluding carboxylic acids is 1. The van der Waals surface area contributed by atoms with Gasteiger partial charge in [0.2, 0.25) is 0 Å². The van der Waals surface area contributed by atoms with Gasteiger partial charge >= 0.3 is 5.97 Å². The first kappa shape index (κ1) is 12.4. The molecule has 0 spiro atoms. The van der Waals surface area contributed by atoms with E-state index in [-0.39, 0.29) is 11.9 Å². The smallest absolute Gasteiger partial charge is 0.308 e. The van der Waals surface area contributed by atoms with Crippen LogP contribution in [0.5, 0.6) is 0 Å². The molecule has 3 nitrogen and oxygen atoms in total. The molecule has 0 aromatic carbocycles. The summed E-state index contributed by atoms with van der Waals surface area (Å²) in [5.41, 5.74) is 5.37. The van der Waals surface area contributed by atoms with E-state index in [0.717, 1.165) is 25.7 Å². The number of nitrogens with two attached hydrogens (primary N) is 1. The van der Waals surface area contributed by atoms with E-state index in [4.69, 9.17) is 10.5 Å². The Morgan fingerprint density at radius 1 is 1.38 bits per heavy atom. The first-order valence-electron chi connectivity index (χ1n) is 5.12. The van der Waals surface area contributed by atoms with Crippen molar-refractivity contribution in [2.24, 2.45) is 11.7 Å². The second kappa shape index (κ2) is 8.05. The van der Waals surface area contributed by atoms with Crippen molar-refractivity contribution in [2.45, 2.75) is 39.5 Å². The van der Waals surface area contributed by atoms with Gasteiger partial charge in [-0.25, -0.2) is 0 Å². The third kappa shape index (κ3) is 5.64. The summed E-state index contributed by atoms with van der Waals surface area (Å²) in [4.78, 5) is 11.3. The SMILES string of the molecule is CCOC(=O)C(CC)CCCCN. The van der Waals surface area contributed by atoms with Gasteiger partial charge in [-0.3, -0.25) is 4.79 Å². The molecule has 0 bridgehead atoms. The molecule has 1 atom stereocenters. The molecular formula is C10H21NO2. The first-order chi connectivity index (χ1) is 6.26. The summed E-state index contributed by atoms with van der Waals surface area (Å²) in [5, 5.41) is 0. The second-order valence-electron chi connectivity index (χ2n) is 3.14. The minimum Gasteiger partial charge on any atom is -0.466 e. The molecule has 0 saturated carbocycles. The molecule has 3 heteroatoms. The number of rotatable bonds is 7. The van der Waals surface area contributed by atoms with E-state index < -0.39 is 0 Å². The van der Waals surface area contributed by atoms with Gasteiger partial charge < -0.3 is 10.5 Å². The number of carbonyl (C=O) groups is 1. The number of hydrogen-bond acceptors (Lipinski definition) is 3. The van der Waals surface area contributed by atoms with Crippen molar-refractivity contribution in [3.05, 3.63) is 0 Å². The molecule has 0 aliphatic rings. The van der Waals surface area contributed by atoms with E-state index in [1.54, 1.807) is 0 Å². The molecule has 0 radical (unpaired) electrons. The predicted molar refractivity (Wildman–Crippen MR) is 53.3 cm³/mol. The fourth-order valence-electron chi connectivity index (χ4n) is 1.28. The zero-order chi connectivity index (χ0) is 10.1. The molecule has 0 amide bonds. The van der Waals surface area contributed by atoms with Crippen molar-refractivity contribution in [3.63, 3.8) is 0 Å². The molecule has 78 valence electrons. The maximum atomic E-state index is 11.3. The van der Waals surface area contributed by atoms with Gasteiger partial charge in [-0.2, -0.15) is 0 Å². The fraction of sp³-hybridized carbons (Fsp3) is 0.900. The average Bonchev–Trinajstić information content (AvgIpc) is 2.13. The van der Waals surface area contributed by atoms with Crippen LogP contribution in [-0.4, -0.2) is 19.1 Å². The topological polar surface area (TPSA) is 52.3 Å². The van der Waals surface area contributed by atoms with Crippen LogP contribution in [0.1, 0.15) is 39.5 Å². The normalized spacial score (nSPS) is 12.5. The molecule has 0 aromatic rings. The Hall–Kier alpha value is -0.570. The molecule has 0 rings (SSSR count). The van der Waals surface area contributed by atoms with Crippen molar-refractivity contribution < 1.29 is 9.53 Å². The lowest BCUT2D eigenvalue weighted by molar-refractivity contribution is -0.148. The molecule has 0 saturated heterocycles. The number of ether oxygens (including phenoxy) is 1. The lowest BCUT2D eigenvalue weighted by Gasteiger charge is -2.12. The molecule has 0 aliphatic carbocycles. The van der Waals surface area contributed by atoms with Crippen LogP contribution >= 0.6 is 0 Å². The maximum Gasteiger partial charge on any atom is 0.308 e. The second-order valence-corrected chi connectivity index (χ2v) is 3.14. The fourth-order valence-corrected chi connectivity index (χ4v) is 1.28. The number of unbranched alkanes of at least 4 members (excludes halogenated alkanes) is 1. The van der Waals surface area contributed by atoms with E-state index in [0.29, 0.717) is 13.2 Å². The highest BCUT2D eigenvalue weighted by atomic mass is 16.5. The van der Waals surface area contributed by atoms with Gasteiger partial charge in [0.25, 0.3) is 0 Å². The van der Waals surface area contributed by atoms with Gasteiger partial charge in [-0.05, 0) is 32.7 Å².